The number of halogens is 1. The van der Waals surface area contributed by atoms with Gasteiger partial charge in [0.2, 0.25) is 11.8 Å². The molecule has 0 unspecified atom stereocenters. The Hall–Kier alpha value is -3.49. The first kappa shape index (κ1) is 26.1. The van der Waals surface area contributed by atoms with E-state index in [2.05, 4.69) is 14.8 Å². The largest absolute Gasteiger partial charge is 0.490 e. The topological polar surface area (TPSA) is 58.1 Å². The summed E-state index contributed by atoms with van der Waals surface area (Å²) in [7, 11) is 0. The Morgan fingerprint density at radius 2 is 1.63 bits per heavy atom. The van der Waals surface area contributed by atoms with Gasteiger partial charge in [-0.25, -0.2) is 9.37 Å². The van der Waals surface area contributed by atoms with E-state index in [1.54, 1.807) is 6.20 Å². The van der Waals surface area contributed by atoms with E-state index in [9.17, 15) is 9.18 Å². The Balaban J connectivity index is 1.22. The summed E-state index contributed by atoms with van der Waals surface area (Å²) in [6.07, 6.45) is 4.68. The SMILES string of the molecule is O=C(CN1CCCCCOc2ccccc2Oc2ncccc2C1)N1CCN(Cc2ccc(F)cc2)CC1. The molecule has 7 nitrogen and oxygen atoms in total. The van der Waals surface area contributed by atoms with Crippen molar-refractivity contribution in [3.8, 4) is 17.4 Å². The maximum absolute atomic E-state index is 13.3. The van der Waals surface area contributed by atoms with Crippen LogP contribution in [0, 0.1) is 5.82 Å². The van der Waals surface area contributed by atoms with Crippen molar-refractivity contribution in [1.29, 1.82) is 0 Å². The Morgan fingerprint density at radius 3 is 2.45 bits per heavy atom. The maximum Gasteiger partial charge on any atom is 0.236 e. The number of fused-ring (bicyclic) bond motifs is 2. The number of nitrogens with zero attached hydrogens (tertiary/aromatic N) is 4. The molecule has 3 aromatic rings. The van der Waals surface area contributed by atoms with Gasteiger partial charge in [-0.2, -0.15) is 0 Å². The minimum absolute atomic E-state index is 0.149. The Kier molecular flexibility index (Phi) is 8.83. The first-order chi connectivity index (χ1) is 18.6. The minimum Gasteiger partial charge on any atom is -0.490 e. The molecule has 1 aromatic heterocycles. The average Bonchev–Trinajstić information content (AvgIpc) is 2.95. The number of amides is 1. The molecule has 0 radical (unpaired) electrons. The normalized spacial score (nSPS) is 17.6. The van der Waals surface area contributed by atoms with E-state index in [0.717, 1.165) is 56.6 Å². The molecule has 0 saturated carbocycles. The van der Waals surface area contributed by atoms with Crippen LogP contribution in [0.15, 0.2) is 66.9 Å². The number of carbonyl (C=O) groups is 1. The van der Waals surface area contributed by atoms with Gasteiger partial charge < -0.3 is 14.4 Å². The van der Waals surface area contributed by atoms with Gasteiger partial charge in [-0.3, -0.25) is 14.6 Å². The standard InChI is InChI=1S/C30H35FN4O3/c31-26-12-10-24(11-13-26)21-33-16-18-35(19-17-33)29(36)23-34-15-4-1-5-20-37-27-8-2-3-9-28(27)38-30-25(22-34)7-6-14-32-30/h2-3,6-14H,1,4-5,15-23H2. The van der Waals surface area contributed by atoms with E-state index in [1.807, 2.05) is 53.4 Å². The predicted octanol–water partition coefficient (Wildman–Crippen LogP) is 4.72. The molecule has 1 saturated heterocycles. The van der Waals surface area contributed by atoms with Crippen molar-refractivity contribution in [1.82, 2.24) is 19.7 Å². The first-order valence-corrected chi connectivity index (χ1v) is 13.4. The van der Waals surface area contributed by atoms with Crippen molar-refractivity contribution in [2.75, 3.05) is 45.9 Å². The fourth-order valence-corrected chi connectivity index (χ4v) is 4.94. The van der Waals surface area contributed by atoms with Crippen LogP contribution in [0.4, 0.5) is 4.39 Å². The summed E-state index contributed by atoms with van der Waals surface area (Å²) >= 11 is 0. The third-order valence-corrected chi connectivity index (χ3v) is 7.08. The summed E-state index contributed by atoms with van der Waals surface area (Å²) in [6.45, 7) is 6.17. The van der Waals surface area contributed by atoms with Gasteiger partial charge in [-0.15, -0.1) is 0 Å². The molecule has 2 aliphatic rings. The molecule has 0 bridgehead atoms. The molecule has 0 aliphatic carbocycles. The summed E-state index contributed by atoms with van der Waals surface area (Å²) in [4.78, 5) is 24.3. The monoisotopic (exact) mass is 518 g/mol. The molecule has 200 valence electrons. The third kappa shape index (κ3) is 7.08. The highest BCUT2D eigenvalue weighted by molar-refractivity contribution is 5.78. The van der Waals surface area contributed by atoms with Crippen LogP contribution in [0.5, 0.6) is 17.4 Å². The van der Waals surface area contributed by atoms with Crippen molar-refractivity contribution in [2.24, 2.45) is 0 Å². The second-order valence-electron chi connectivity index (χ2n) is 9.92. The van der Waals surface area contributed by atoms with E-state index in [1.165, 1.54) is 12.1 Å². The molecule has 0 atom stereocenters. The predicted molar refractivity (Wildman–Crippen MR) is 144 cm³/mol. The molecule has 8 heteroatoms. The van der Waals surface area contributed by atoms with Crippen LogP contribution in [0.25, 0.3) is 0 Å². The highest BCUT2D eigenvalue weighted by Gasteiger charge is 2.24. The number of ether oxygens (including phenoxy) is 2. The number of carbonyl (C=O) groups excluding carboxylic acids is 1. The lowest BCUT2D eigenvalue weighted by atomic mass is 10.2. The quantitative estimate of drug-likeness (QED) is 0.498. The molecule has 5 rings (SSSR count). The zero-order valence-electron chi connectivity index (χ0n) is 21.7. The van der Waals surface area contributed by atoms with Crippen molar-refractivity contribution >= 4 is 5.91 Å². The molecule has 1 amide bonds. The number of rotatable bonds is 4. The number of benzene rings is 2. The van der Waals surface area contributed by atoms with Crippen LogP contribution in [-0.2, 0) is 17.9 Å². The number of hydrogen-bond donors (Lipinski definition) is 0. The van der Waals surface area contributed by atoms with Gasteiger partial charge in [0.15, 0.2) is 11.5 Å². The molecule has 2 aliphatic heterocycles. The molecular weight excluding hydrogens is 483 g/mol. The molecular formula is C30H35FN4O3. The Labute approximate surface area is 223 Å². The lowest BCUT2D eigenvalue weighted by Gasteiger charge is -2.36. The molecule has 0 spiro atoms. The third-order valence-electron chi connectivity index (χ3n) is 7.08. The summed E-state index contributed by atoms with van der Waals surface area (Å²) in [5.41, 5.74) is 2.03. The number of hydrogen-bond acceptors (Lipinski definition) is 6. The summed E-state index contributed by atoms with van der Waals surface area (Å²) in [5, 5.41) is 0. The maximum atomic E-state index is 13.3. The first-order valence-electron chi connectivity index (χ1n) is 13.4. The average molecular weight is 519 g/mol. The van der Waals surface area contributed by atoms with Crippen LogP contribution in [0.1, 0.15) is 30.4 Å². The number of aromatic nitrogens is 1. The van der Waals surface area contributed by atoms with E-state index in [0.29, 0.717) is 50.2 Å². The lowest BCUT2D eigenvalue weighted by molar-refractivity contribution is -0.134. The molecule has 3 heterocycles. The van der Waals surface area contributed by atoms with Gasteiger partial charge in [-0.1, -0.05) is 30.3 Å². The van der Waals surface area contributed by atoms with Gasteiger partial charge in [0, 0.05) is 51.0 Å². The van der Waals surface area contributed by atoms with Crippen LogP contribution in [0.2, 0.25) is 0 Å². The highest BCUT2D eigenvalue weighted by Crippen LogP contribution is 2.32. The minimum atomic E-state index is -0.218. The molecule has 38 heavy (non-hydrogen) atoms. The summed E-state index contributed by atoms with van der Waals surface area (Å²) in [6, 6.07) is 18.2. The summed E-state index contributed by atoms with van der Waals surface area (Å²) < 4.78 is 25.4. The molecule has 2 aromatic carbocycles. The van der Waals surface area contributed by atoms with Crippen LogP contribution in [-0.4, -0.2) is 71.5 Å². The zero-order valence-corrected chi connectivity index (χ0v) is 21.7. The zero-order chi connectivity index (χ0) is 26.2. The Morgan fingerprint density at radius 1 is 0.842 bits per heavy atom. The van der Waals surface area contributed by atoms with Crippen molar-refractivity contribution < 1.29 is 18.7 Å². The van der Waals surface area contributed by atoms with Gasteiger partial charge in [0.05, 0.1) is 13.2 Å². The van der Waals surface area contributed by atoms with Gasteiger partial charge >= 0.3 is 0 Å². The van der Waals surface area contributed by atoms with Crippen molar-refractivity contribution in [3.05, 3.63) is 83.8 Å². The highest BCUT2D eigenvalue weighted by atomic mass is 19.1. The fourth-order valence-electron chi connectivity index (χ4n) is 4.94. The van der Waals surface area contributed by atoms with E-state index in [4.69, 9.17) is 9.47 Å². The van der Waals surface area contributed by atoms with Crippen LogP contribution >= 0.6 is 0 Å². The number of piperazine rings is 1. The van der Waals surface area contributed by atoms with E-state index in [-0.39, 0.29) is 11.7 Å². The van der Waals surface area contributed by atoms with Crippen LogP contribution in [0.3, 0.4) is 0 Å². The Bertz CT molecular complexity index is 1200. The van der Waals surface area contributed by atoms with Crippen molar-refractivity contribution in [2.45, 2.75) is 32.4 Å². The van der Waals surface area contributed by atoms with Gasteiger partial charge in [0.25, 0.3) is 0 Å². The molecule has 1 fully saturated rings. The number of para-hydroxylation sites is 2. The number of pyridine rings is 1. The van der Waals surface area contributed by atoms with E-state index < -0.39 is 0 Å². The fraction of sp³-hybridized carbons (Fsp3) is 0.400. The van der Waals surface area contributed by atoms with E-state index >= 15 is 0 Å². The summed E-state index contributed by atoms with van der Waals surface area (Å²) in [5.74, 6) is 1.83. The molecule has 0 N–H and O–H groups in total. The second-order valence-corrected chi connectivity index (χ2v) is 9.92. The smallest absolute Gasteiger partial charge is 0.236 e. The second kappa shape index (κ2) is 12.8. The van der Waals surface area contributed by atoms with Crippen molar-refractivity contribution in [3.63, 3.8) is 0 Å². The van der Waals surface area contributed by atoms with Gasteiger partial charge in [-0.05, 0) is 61.7 Å². The lowest BCUT2D eigenvalue weighted by Crippen LogP contribution is -2.50. The van der Waals surface area contributed by atoms with Crippen LogP contribution < -0.4 is 9.47 Å². The van der Waals surface area contributed by atoms with Gasteiger partial charge in [0.1, 0.15) is 5.82 Å².